The van der Waals surface area contributed by atoms with Crippen molar-refractivity contribution < 1.29 is 0 Å². The molecular formula is C13H28N2. The number of rotatable bonds is 4. The normalized spacial score (nSPS) is 26.2. The first-order chi connectivity index (χ1) is 7.00. The molecule has 1 rings (SSSR count). The maximum absolute atomic E-state index is 5.70. The Morgan fingerprint density at radius 3 is 2.27 bits per heavy atom. The van der Waals surface area contributed by atoms with Gasteiger partial charge in [0.2, 0.25) is 0 Å². The standard InChI is InChI=1S/C13H28N2/c1-5-10(2)12(15-14)11-6-8-13(3,4)9-7-11/h10-12,15H,5-9,14H2,1-4H3. The fourth-order valence-electron chi connectivity index (χ4n) is 2.80. The van der Waals surface area contributed by atoms with E-state index in [0.717, 1.165) is 5.92 Å². The summed E-state index contributed by atoms with van der Waals surface area (Å²) in [4.78, 5) is 0. The van der Waals surface area contributed by atoms with Crippen LogP contribution in [0.25, 0.3) is 0 Å². The Morgan fingerprint density at radius 1 is 1.33 bits per heavy atom. The third-order valence-electron chi connectivity index (χ3n) is 4.34. The quantitative estimate of drug-likeness (QED) is 0.555. The predicted octanol–water partition coefficient (Wildman–Crippen LogP) is 3.08. The minimum absolute atomic E-state index is 0.520. The van der Waals surface area contributed by atoms with E-state index in [0.29, 0.717) is 17.4 Å². The Bertz CT molecular complexity index is 179. The highest BCUT2D eigenvalue weighted by Crippen LogP contribution is 2.40. The first kappa shape index (κ1) is 13.0. The molecule has 1 fully saturated rings. The smallest absolute Gasteiger partial charge is 0.0264 e. The molecule has 2 nitrogen and oxygen atoms in total. The van der Waals surface area contributed by atoms with Crippen LogP contribution in [0.2, 0.25) is 0 Å². The Labute approximate surface area is 95.0 Å². The van der Waals surface area contributed by atoms with Gasteiger partial charge in [-0.2, -0.15) is 0 Å². The van der Waals surface area contributed by atoms with Gasteiger partial charge in [-0.05, 0) is 42.9 Å². The molecule has 1 aliphatic carbocycles. The van der Waals surface area contributed by atoms with Crippen LogP contribution in [0.4, 0.5) is 0 Å². The number of nitrogens with one attached hydrogen (secondary N) is 1. The molecule has 2 heteroatoms. The largest absolute Gasteiger partial charge is 0.271 e. The molecule has 0 spiro atoms. The van der Waals surface area contributed by atoms with Crippen LogP contribution in [-0.2, 0) is 0 Å². The van der Waals surface area contributed by atoms with Gasteiger partial charge in [0.15, 0.2) is 0 Å². The van der Waals surface area contributed by atoms with Gasteiger partial charge in [-0.25, -0.2) is 0 Å². The van der Waals surface area contributed by atoms with Crippen molar-refractivity contribution in [1.82, 2.24) is 5.43 Å². The maximum atomic E-state index is 5.70. The summed E-state index contributed by atoms with van der Waals surface area (Å²) in [6.07, 6.45) is 6.60. The van der Waals surface area contributed by atoms with Crippen LogP contribution in [0.3, 0.4) is 0 Å². The van der Waals surface area contributed by atoms with E-state index in [-0.39, 0.29) is 0 Å². The van der Waals surface area contributed by atoms with Crippen molar-refractivity contribution in [3.63, 3.8) is 0 Å². The van der Waals surface area contributed by atoms with Gasteiger partial charge in [0.25, 0.3) is 0 Å². The Balaban J connectivity index is 2.50. The van der Waals surface area contributed by atoms with E-state index < -0.39 is 0 Å². The maximum Gasteiger partial charge on any atom is 0.0264 e. The van der Waals surface area contributed by atoms with Crippen LogP contribution >= 0.6 is 0 Å². The zero-order valence-electron chi connectivity index (χ0n) is 10.8. The number of hydrogen-bond donors (Lipinski definition) is 2. The molecule has 3 N–H and O–H groups in total. The summed E-state index contributed by atoms with van der Waals surface area (Å²) in [7, 11) is 0. The Hall–Kier alpha value is -0.0800. The topological polar surface area (TPSA) is 38.0 Å². The molecule has 0 heterocycles. The van der Waals surface area contributed by atoms with Gasteiger partial charge in [0, 0.05) is 6.04 Å². The van der Waals surface area contributed by atoms with Crippen LogP contribution < -0.4 is 11.3 Å². The molecule has 0 saturated heterocycles. The summed E-state index contributed by atoms with van der Waals surface area (Å²) in [5.41, 5.74) is 3.61. The van der Waals surface area contributed by atoms with E-state index >= 15 is 0 Å². The van der Waals surface area contributed by atoms with Gasteiger partial charge in [-0.15, -0.1) is 0 Å². The number of hydrogen-bond acceptors (Lipinski definition) is 2. The molecule has 2 unspecified atom stereocenters. The first-order valence-electron chi connectivity index (χ1n) is 6.46. The van der Waals surface area contributed by atoms with Crippen LogP contribution in [0, 0.1) is 17.3 Å². The van der Waals surface area contributed by atoms with Crippen molar-refractivity contribution >= 4 is 0 Å². The lowest BCUT2D eigenvalue weighted by molar-refractivity contribution is 0.138. The third-order valence-corrected chi connectivity index (χ3v) is 4.34. The van der Waals surface area contributed by atoms with Crippen LogP contribution in [0.1, 0.15) is 59.8 Å². The summed E-state index contributed by atoms with van der Waals surface area (Å²) in [6, 6.07) is 0.520. The predicted molar refractivity (Wildman–Crippen MR) is 66.3 cm³/mol. The van der Waals surface area contributed by atoms with Gasteiger partial charge >= 0.3 is 0 Å². The first-order valence-corrected chi connectivity index (χ1v) is 6.46. The highest BCUT2D eigenvalue weighted by molar-refractivity contribution is 4.86. The van der Waals surface area contributed by atoms with E-state index in [1.54, 1.807) is 0 Å². The summed E-state index contributed by atoms with van der Waals surface area (Å²) >= 11 is 0. The molecule has 1 saturated carbocycles. The van der Waals surface area contributed by atoms with Crippen molar-refractivity contribution in [2.24, 2.45) is 23.1 Å². The monoisotopic (exact) mass is 212 g/mol. The van der Waals surface area contributed by atoms with Crippen molar-refractivity contribution in [2.45, 2.75) is 65.8 Å². The summed E-state index contributed by atoms with van der Waals surface area (Å²) in [6.45, 7) is 9.33. The van der Waals surface area contributed by atoms with Gasteiger partial charge in [0.05, 0.1) is 0 Å². The molecule has 0 aromatic heterocycles. The van der Waals surface area contributed by atoms with Gasteiger partial charge in [-0.3, -0.25) is 11.3 Å². The molecule has 0 bridgehead atoms. The van der Waals surface area contributed by atoms with Crippen molar-refractivity contribution in [3.8, 4) is 0 Å². The fraction of sp³-hybridized carbons (Fsp3) is 1.00. The molecule has 2 atom stereocenters. The molecule has 90 valence electrons. The molecule has 0 amide bonds. The second-order valence-electron chi connectivity index (χ2n) is 6.08. The van der Waals surface area contributed by atoms with E-state index in [9.17, 15) is 0 Å². The molecule has 15 heavy (non-hydrogen) atoms. The van der Waals surface area contributed by atoms with E-state index in [1.165, 1.54) is 32.1 Å². The van der Waals surface area contributed by atoms with Crippen molar-refractivity contribution in [2.75, 3.05) is 0 Å². The second kappa shape index (κ2) is 5.31. The van der Waals surface area contributed by atoms with Crippen molar-refractivity contribution in [1.29, 1.82) is 0 Å². The molecule has 1 aliphatic rings. The average molecular weight is 212 g/mol. The van der Waals surface area contributed by atoms with Crippen LogP contribution in [0.5, 0.6) is 0 Å². The van der Waals surface area contributed by atoms with Gasteiger partial charge in [0.1, 0.15) is 0 Å². The minimum Gasteiger partial charge on any atom is -0.271 e. The van der Waals surface area contributed by atoms with E-state index in [1.807, 2.05) is 0 Å². The zero-order valence-corrected chi connectivity index (χ0v) is 10.8. The summed E-state index contributed by atoms with van der Waals surface area (Å²) in [5.74, 6) is 7.18. The molecule has 0 aromatic carbocycles. The number of nitrogens with two attached hydrogens (primary N) is 1. The lowest BCUT2D eigenvalue weighted by atomic mass is 9.69. The zero-order chi connectivity index (χ0) is 11.5. The highest BCUT2D eigenvalue weighted by atomic mass is 15.2. The summed E-state index contributed by atoms with van der Waals surface area (Å²) in [5, 5.41) is 0. The average Bonchev–Trinajstić information content (AvgIpc) is 2.21. The van der Waals surface area contributed by atoms with Gasteiger partial charge < -0.3 is 0 Å². The Kier molecular flexibility index (Phi) is 4.60. The Morgan fingerprint density at radius 2 is 1.87 bits per heavy atom. The molecular weight excluding hydrogens is 184 g/mol. The van der Waals surface area contributed by atoms with E-state index in [4.69, 9.17) is 5.84 Å². The fourth-order valence-corrected chi connectivity index (χ4v) is 2.80. The van der Waals surface area contributed by atoms with Crippen molar-refractivity contribution in [3.05, 3.63) is 0 Å². The lowest BCUT2D eigenvalue weighted by Gasteiger charge is -2.39. The van der Waals surface area contributed by atoms with Gasteiger partial charge in [-0.1, -0.05) is 34.1 Å². The minimum atomic E-state index is 0.520. The molecule has 0 radical (unpaired) electrons. The molecule has 0 aliphatic heterocycles. The molecule has 0 aromatic rings. The highest BCUT2D eigenvalue weighted by Gasteiger charge is 2.32. The number of hydrazine groups is 1. The van der Waals surface area contributed by atoms with Crippen LogP contribution in [-0.4, -0.2) is 6.04 Å². The lowest BCUT2D eigenvalue weighted by Crippen LogP contribution is -2.46. The second-order valence-corrected chi connectivity index (χ2v) is 6.08. The SMILES string of the molecule is CCC(C)C(NN)C1CCC(C)(C)CC1. The summed E-state index contributed by atoms with van der Waals surface area (Å²) < 4.78 is 0. The third kappa shape index (κ3) is 3.46. The van der Waals surface area contributed by atoms with Crippen LogP contribution in [0.15, 0.2) is 0 Å². The van der Waals surface area contributed by atoms with E-state index in [2.05, 4.69) is 33.1 Å².